The molecule has 1 radical (unpaired) electrons. The van der Waals surface area contributed by atoms with Crippen molar-refractivity contribution >= 4 is 5.94 Å². The van der Waals surface area contributed by atoms with Crippen LogP contribution in [0.4, 0.5) is 0 Å². The minimum atomic E-state index is 0.337. The van der Waals surface area contributed by atoms with E-state index in [1.807, 2.05) is 12.4 Å². The van der Waals surface area contributed by atoms with Crippen LogP contribution in [-0.4, -0.2) is 15.9 Å². The summed E-state index contributed by atoms with van der Waals surface area (Å²) in [4.78, 5) is 17.3. The Hall–Kier alpha value is -1.34. The second kappa shape index (κ2) is 2.95. The highest BCUT2D eigenvalue weighted by atomic mass is 16.1. The molecule has 0 amide bonds. The minimum Gasteiger partial charge on any atom is -0.348 e. The quantitative estimate of drug-likeness (QED) is 0.630. The van der Waals surface area contributed by atoms with Crippen LogP contribution in [0.5, 0.6) is 0 Å². The zero-order valence-corrected chi connectivity index (χ0v) is 6.58. The van der Waals surface area contributed by atoms with Gasteiger partial charge >= 0.3 is 0 Å². The molecule has 1 aromatic rings. The van der Waals surface area contributed by atoms with E-state index in [1.165, 1.54) is 0 Å². The number of carbonyl (C=O) groups excluding carboxylic acids is 1. The molecular weight excluding hydrogens is 152 g/mol. The molecule has 0 bridgehead atoms. The molecule has 3 nitrogen and oxygen atoms in total. The van der Waals surface area contributed by atoms with Gasteiger partial charge in [0, 0.05) is 29.8 Å². The number of aromatic amines is 1. The van der Waals surface area contributed by atoms with Gasteiger partial charge < -0.3 is 4.98 Å². The van der Waals surface area contributed by atoms with E-state index < -0.39 is 0 Å². The molecule has 1 aliphatic carbocycles. The number of nitrogens with zero attached hydrogens (tertiary/aromatic N) is 1. The summed E-state index contributed by atoms with van der Waals surface area (Å²) in [5.41, 5.74) is 1.87. The van der Waals surface area contributed by atoms with Crippen LogP contribution in [0.25, 0.3) is 0 Å². The lowest BCUT2D eigenvalue weighted by Crippen LogP contribution is -1.92. The van der Waals surface area contributed by atoms with E-state index in [0.717, 1.165) is 24.1 Å². The minimum absolute atomic E-state index is 0.337. The van der Waals surface area contributed by atoms with Crippen molar-refractivity contribution in [1.29, 1.82) is 0 Å². The fourth-order valence-corrected chi connectivity index (χ4v) is 1.52. The van der Waals surface area contributed by atoms with Crippen LogP contribution in [0, 0.1) is 6.42 Å². The van der Waals surface area contributed by atoms with Crippen molar-refractivity contribution < 1.29 is 4.79 Å². The van der Waals surface area contributed by atoms with Crippen LogP contribution in [0.1, 0.15) is 24.5 Å². The summed E-state index contributed by atoms with van der Waals surface area (Å²) < 4.78 is 0. The van der Waals surface area contributed by atoms with Gasteiger partial charge in [0.15, 0.2) is 0 Å². The Balaban J connectivity index is 2.15. The second-order valence-electron chi connectivity index (χ2n) is 2.95. The first kappa shape index (κ1) is 7.32. The maximum absolute atomic E-state index is 10.3. The lowest BCUT2D eigenvalue weighted by Gasteiger charge is -2.02. The van der Waals surface area contributed by atoms with Crippen LogP contribution in [0.15, 0.2) is 18.1 Å². The van der Waals surface area contributed by atoms with Crippen LogP contribution in [0.3, 0.4) is 0 Å². The van der Waals surface area contributed by atoms with E-state index in [0.29, 0.717) is 5.92 Å². The molecule has 61 valence electrons. The molecule has 2 rings (SSSR count). The molecule has 1 aliphatic rings. The molecule has 1 aromatic heterocycles. The maximum atomic E-state index is 10.3. The van der Waals surface area contributed by atoms with Crippen molar-refractivity contribution in [3.05, 3.63) is 30.2 Å². The fourth-order valence-electron chi connectivity index (χ4n) is 1.52. The van der Waals surface area contributed by atoms with E-state index in [-0.39, 0.29) is 0 Å². The van der Waals surface area contributed by atoms with Crippen LogP contribution in [0.2, 0.25) is 0 Å². The van der Waals surface area contributed by atoms with Crippen LogP contribution >= 0.6 is 0 Å². The topological polar surface area (TPSA) is 45.8 Å². The highest BCUT2D eigenvalue weighted by Crippen LogP contribution is 2.34. The van der Waals surface area contributed by atoms with Crippen LogP contribution in [-0.2, 0) is 4.79 Å². The van der Waals surface area contributed by atoms with Gasteiger partial charge in [0.05, 0.1) is 6.33 Å². The molecule has 0 aliphatic heterocycles. The number of H-pyrrole nitrogens is 1. The summed E-state index contributed by atoms with van der Waals surface area (Å²) in [6.07, 6.45) is 7.25. The summed E-state index contributed by atoms with van der Waals surface area (Å²) in [7, 11) is 0. The van der Waals surface area contributed by atoms with Gasteiger partial charge in [-0.3, -0.25) is 0 Å². The molecular formula is C9H9N2O. The highest BCUT2D eigenvalue weighted by Gasteiger charge is 2.22. The third kappa shape index (κ3) is 1.19. The standard InChI is InChI=1S/C9H9N2O/c12-5-7-1-2-8(3-7)9-4-10-6-11-9/h3-4,6,8H,1-2H2,(H,10,11). The smallest absolute Gasteiger partial charge is 0.123 e. The number of hydrogen-bond acceptors (Lipinski definition) is 2. The van der Waals surface area contributed by atoms with E-state index in [1.54, 1.807) is 12.5 Å². The summed E-state index contributed by atoms with van der Waals surface area (Å²) >= 11 is 0. The molecule has 1 unspecified atom stereocenters. The molecule has 1 saturated carbocycles. The SMILES string of the molecule is O=C=C1[CH]C(c2cnc[nH]2)CC1. The first-order chi connectivity index (χ1) is 5.90. The molecule has 1 atom stereocenters. The number of rotatable bonds is 1. The maximum Gasteiger partial charge on any atom is 0.123 e. The second-order valence-corrected chi connectivity index (χ2v) is 2.95. The number of imidazole rings is 1. The Morgan fingerprint density at radius 3 is 3.17 bits per heavy atom. The molecule has 1 N–H and O–H groups in total. The fraction of sp³-hybridized carbons (Fsp3) is 0.333. The van der Waals surface area contributed by atoms with Gasteiger partial charge in [0.2, 0.25) is 0 Å². The first-order valence-electron chi connectivity index (χ1n) is 3.97. The number of aromatic nitrogens is 2. The van der Waals surface area contributed by atoms with Gasteiger partial charge in [0.25, 0.3) is 0 Å². The lowest BCUT2D eigenvalue weighted by molar-refractivity contribution is 0.567. The van der Waals surface area contributed by atoms with Gasteiger partial charge in [-0.15, -0.1) is 0 Å². The summed E-state index contributed by atoms with van der Waals surface area (Å²) in [6.45, 7) is 0. The number of nitrogens with one attached hydrogen (secondary N) is 1. The van der Waals surface area contributed by atoms with Crippen molar-refractivity contribution in [2.45, 2.75) is 18.8 Å². The molecule has 1 fully saturated rings. The van der Waals surface area contributed by atoms with Crippen molar-refractivity contribution in [3.8, 4) is 0 Å². The molecule has 12 heavy (non-hydrogen) atoms. The summed E-state index contributed by atoms with van der Waals surface area (Å²) in [5, 5.41) is 0. The van der Waals surface area contributed by atoms with Crippen molar-refractivity contribution in [3.63, 3.8) is 0 Å². The predicted molar refractivity (Wildman–Crippen MR) is 44.1 cm³/mol. The molecule has 0 spiro atoms. The third-order valence-corrected chi connectivity index (χ3v) is 2.18. The zero-order chi connectivity index (χ0) is 8.39. The Morgan fingerprint density at radius 2 is 2.58 bits per heavy atom. The Kier molecular flexibility index (Phi) is 1.80. The largest absolute Gasteiger partial charge is 0.348 e. The normalized spacial score (nSPS) is 22.7. The Morgan fingerprint density at radius 1 is 1.67 bits per heavy atom. The molecule has 0 saturated heterocycles. The van der Waals surface area contributed by atoms with Crippen LogP contribution < -0.4 is 0 Å². The Bertz CT molecular complexity index is 309. The average Bonchev–Trinajstić information content (AvgIpc) is 2.75. The van der Waals surface area contributed by atoms with E-state index >= 15 is 0 Å². The van der Waals surface area contributed by atoms with E-state index in [2.05, 4.69) is 9.97 Å². The number of hydrogen-bond donors (Lipinski definition) is 1. The van der Waals surface area contributed by atoms with Gasteiger partial charge in [0.1, 0.15) is 5.94 Å². The van der Waals surface area contributed by atoms with Gasteiger partial charge in [-0.05, 0) is 12.8 Å². The summed E-state index contributed by atoms with van der Waals surface area (Å²) in [5.74, 6) is 2.27. The molecule has 0 aromatic carbocycles. The van der Waals surface area contributed by atoms with Crippen molar-refractivity contribution in [2.75, 3.05) is 0 Å². The van der Waals surface area contributed by atoms with Gasteiger partial charge in [-0.2, -0.15) is 0 Å². The monoisotopic (exact) mass is 161 g/mol. The zero-order valence-electron chi connectivity index (χ0n) is 6.58. The predicted octanol–water partition coefficient (Wildman–Crippen LogP) is 1.25. The van der Waals surface area contributed by atoms with Crippen molar-refractivity contribution in [2.24, 2.45) is 0 Å². The third-order valence-electron chi connectivity index (χ3n) is 2.18. The van der Waals surface area contributed by atoms with Gasteiger partial charge in [-0.25, -0.2) is 9.78 Å². The summed E-state index contributed by atoms with van der Waals surface area (Å²) in [6, 6.07) is 0. The lowest BCUT2D eigenvalue weighted by atomic mass is 10.1. The highest BCUT2D eigenvalue weighted by molar-refractivity contribution is 5.58. The van der Waals surface area contributed by atoms with E-state index in [4.69, 9.17) is 0 Å². The van der Waals surface area contributed by atoms with E-state index in [9.17, 15) is 4.79 Å². The average molecular weight is 161 g/mol. The van der Waals surface area contributed by atoms with Crippen molar-refractivity contribution in [1.82, 2.24) is 9.97 Å². The number of allylic oxidation sites excluding steroid dienone is 1. The molecule has 3 heteroatoms. The molecule has 1 heterocycles. The van der Waals surface area contributed by atoms with Gasteiger partial charge in [-0.1, -0.05) is 0 Å². The first-order valence-corrected chi connectivity index (χ1v) is 3.97. The Labute approximate surface area is 70.5 Å².